The van der Waals surface area contributed by atoms with Gasteiger partial charge in [0.25, 0.3) is 0 Å². The number of aliphatic hydroxyl groups excluding tert-OH is 1. The van der Waals surface area contributed by atoms with E-state index in [0.29, 0.717) is 0 Å². The van der Waals surface area contributed by atoms with E-state index in [1.165, 1.54) is 11.6 Å². The lowest BCUT2D eigenvalue weighted by Crippen LogP contribution is -2.19. The summed E-state index contributed by atoms with van der Waals surface area (Å²) < 4.78 is 2.15. The maximum absolute atomic E-state index is 11.1. The Labute approximate surface area is 146 Å². The van der Waals surface area contributed by atoms with E-state index in [0.717, 1.165) is 36.2 Å². The number of hydrogen-bond donors (Lipinski definition) is 2. The van der Waals surface area contributed by atoms with Crippen LogP contribution in [0.25, 0.3) is 17.1 Å². The number of ketones is 1. The quantitative estimate of drug-likeness (QED) is 0.490. The monoisotopic (exact) mass is 335 g/mol. The molecular formula is C20H21N3O2. The molecule has 3 rings (SSSR count). The molecule has 0 saturated carbocycles. The number of carbonyl (C=O) groups is 1. The van der Waals surface area contributed by atoms with E-state index in [2.05, 4.69) is 33.2 Å². The molecule has 0 unspecified atom stereocenters. The predicted molar refractivity (Wildman–Crippen MR) is 99.0 cm³/mol. The number of benzene rings is 1. The van der Waals surface area contributed by atoms with Crippen LogP contribution in [0.15, 0.2) is 60.9 Å². The molecule has 0 aliphatic carbocycles. The molecule has 0 fully saturated rings. The summed E-state index contributed by atoms with van der Waals surface area (Å²) >= 11 is 0. The van der Waals surface area contributed by atoms with Crippen molar-refractivity contribution in [2.24, 2.45) is 0 Å². The maximum atomic E-state index is 11.1. The van der Waals surface area contributed by atoms with Crippen molar-refractivity contribution in [3.63, 3.8) is 0 Å². The highest BCUT2D eigenvalue weighted by Gasteiger charge is 2.00. The molecule has 3 aromatic rings. The normalized spacial score (nSPS) is 11.4. The number of pyridine rings is 1. The number of aliphatic hydroxyl groups is 1. The van der Waals surface area contributed by atoms with Gasteiger partial charge in [0.15, 0.2) is 5.78 Å². The minimum absolute atomic E-state index is 0.294. The van der Waals surface area contributed by atoms with Crippen LogP contribution in [0.3, 0.4) is 0 Å². The molecule has 0 amide bonds. The topological polar surface area (TPSA) is 67.2 Å². The largest absolute Gasteiger partial charge is 0.388 e. The molecular weight excluding hydrogens is 314 g/mol. The Morgan fingerprint density at radius 3 is 2.84 bits per heavy atom. The second-order valence-electron chi connectivity index (χ2n) is 5.80. The van der Waals surface area contributed by atoms with Crippen molar-refractivity contribution in [1.82, 2.24) is 14.9 Å². The van der Waals surface area contributed by atoms with Crippen LogP contribution in [-0.2, 0) is 17.9 Å². The summed E-state index contributed by atoms with van der Waals surface area (Å²) in [7, 11) is 0. The van der Waals surface area contributed by atoms with Gasteiger partial charge in [-0.05, 0) is 35.4 Å². The van der Waals surface area contributed by atoms with E-state index in [-0.39, 0.29) is 5.78 Å². The summed E-state index contributed by atoms with van der Waals surface area (Å²) in [4.78, 5) is 15.5. The molecule has 5 heteroatoms. The zero-order valence-electron chi connectivity index (χ0n) is 13.9. The Balaban J connectivity index is 1.47. The standard InChI is InChI=1S/C20H21N3O2/c24-15-19(25)8-7-16-3-5-17(6-4-16)14-21-11-13-23-12-9-18-2-1-10-22-20(18)23/h1-10,12,21,24H,11,13-15H2/b8-7+. The van der Waals surface area contributed by atoms with Gasteiger partial charge in [-0.1, -0.05) is 30.3 Å². The Kier molecular flexibility index (Phi) is 5.72. The van der Waals surface area contributed by atoms with Crippen LogP contribution < -0.4 is 5.32 Å². The Morgan fingerprint density at radius 2 is 2.04 bits per heavy atom. The molecule has 25 heavy (non-hydrogen) atoms. The first-order valence-corrected chi connectivity index (χ1v) is 8.27. The number of nitrogens with zero attached hydrogens (tertiary/aromatic N) is 2. The second-order valence-corrected chi connectivity index (χ2v) is 5.80. The third-order valence-electron chi connectivity index (χ3n) is 3.98. The number of rotatable bonds is 8. The summed E-state index contributed by atoms with van der Waals surface area (Å²) in [5.74, 6) is -0.294. The molecule has 2 heterocycles. The van der Waals surface area contributed by atoms with Gasteiger partial charge in [0, 0.05) is 37.4 Å². The lowest BCUT2D eigenvalue weighted by molar-refractivity contribution is -0.117. The van der Waals surface area contributed by atoms with Crippen molar-refractivity contribution in [2.75, 3.05) is 13.2 Å². The molecule has 1 aromatic carbocycles. The molecule has 0 spiro atoms. The second kappa shape index (κ2) is 8.37. The van der Waals surface area contributed by atoms with Gasteiger partial charge in [0.05, 0.1) is 0 Å². The van der Waals surface area contributed by atoms with Crippen LogP contribution in [0, 0.1) is 0 Å². The summed E-state index contributed by atoms with van der Waals surface area (Å²) in [6, 6.07) is 14.1. The third kappa shape index (κ3) is 4.62. The van der Waals surface area contributed by atoms with E-state index in [1.807, 2.05) is 36.5 Å². The fourth-order valence-corrected chi connectivity index (χ4v) is 2.62. The molecule has 0 aliphatic heterocycles. The van der Waals surface area contributed by atoms with Gasteiger partial charge in [-0.25, -0.2) is 4.98 Å². The van der Waals surface area contributed by atoms with Crippen LogP contribution >= 0.6 is 0 Å². The van der Waals surface area contributed by atoms with E-state index in [1.54, 1.807) is 6.08 Å². The third-order valence-corrected chi connectivity index (χ3v) is 3.98. The predicted octanol–water partition coefficient (Wildman–Crippen LogP) is 2.40. The first-order chi connectivity index (χ1) is 12.3. The summed E-state index contributed by atoms with van der Waals surface area (Å²) in [6.07, 6.45) is 6.98. The Hall–Kier alpha value is -2.76. The highest BCUT2D eigenvalue weighted by molar-refractivity contribution is 5.94. The lowest BCUT2D eigenvalue weighted by atomic mass is 10.1. The molecule has 2 N–H and O–H groups in total. The van der Waals surface area contributed by atoms with Crippen molar-refractivity contribution in [2.45, 2.75) is 13.1 Å². The Bertz CT molecular complexity index is 866. The summed E-state index contributed by atoms with van der Waals surface area (Å²) in [5.41, 5.74) is 3.13. The molecule has 0 saturated heterocycles. The average molecular weight is 335 g/mol. The van der Waals surface area contributed by atoms with Crippen LogP contribution in [-0.4, -0.2) is 33.6 Å². The molecule has 0 atom stereocenters. The van der Waals surface area contributed by atoms with Crippen molar-refractivity contribution < 1.29 is 9.90 Å². The first-order valence-electron chi connectivity index (χ1n) is 8.27. The van der Waals surface area contributed by atoms with Crippen LogP contribution in [0.2, 0.25) is 0 Å². The maximum Gasteiger partial charge on any atom is 0.181 e. The van der Waals surface area contributed by atoms with Gasteiger partial charge in [-0.2, -0.15) is 0 Å². The molecule has 0 radical (unpaired) electrons. The van der Waals surface area contributed by atoms with Crippen molar-refractivity contribution in [3.05, 3.63) is 72.1 Å². The van der Waals surface area contributed by atoms with E-state index < -0.39 is 6.61 Å². The zero-order chi connectivity index (χ0) is 17.5. The van der Waals surface area contributed by atoms with E-state index >= 15 is 0 Å². The van der Waals surface area contributed by atoms with Crippen molar-refractivity contribution in [1.29, 1.82) is 0 Å². The lowest BCUT2D eigenvalue weighted by Gasteiger charge is -2.07. The molecule has 2 aromatic heterocycles. The van der Waals surface area contributed by atoms with Gasteiger partial charge in [-0.15, -0.1) is 0 Å². The first kappa shape index (κ1) is 17.1. The highest BCUT2D eigenvalue weighted by Crippen LogP contribution is 2.11. The molecule has 128 valence electrons. The van der Waals surface area contributed by atoms with Crippen LogP contribution in [0.5, 0.6) is 0 Å². The SMILES string of the molecule is O=C(/C=C/c1ccc(CNCCn2ccc3cccnc32)cc1)CO. The summed E-state index contributed by atoms with van der Waals surface area (Å²) in [5, 5.41) is 13.3. The Morgan fingerprint density at radius 1 is 1.20 bits per heavy atom. The van der Waals surface area contributed by atoms with Crippen molar-refractivity contribution >= 4 is 22.9 Å². The van der Waals surface area contributed by atoms with Crippen LogP contribution in [0.4, 0.5) is 0 Å². The van der Waals surface area contributed by atoms with Crippen molar-refractivity contribution in [3.8, 4) is 0 Å². The van der Waals surface area contributed by atoms with E-state index in [9.17, 15) is 4.79 Å². The fourth-order valence-electron chi connectivity index (χ4n) is 2.62. The number of hydrogen-bond acceptors (Lipinski definition) is 4. The molecule has 0 bridgehead atoms. The smallest absolute Gasteiger partial charge is 0.181 e. The fraction of sp³-hybridized carbons (Fsp3) is 0.200. The minimum atomic E-state index is -0.454. The number of carbonyl (C=O) groups excluding carboxylic acids is 1. The van der Waals surface area contributed by atoms with E-state index in [4.69, 9.17) is 5.11 Å². The minimum Gasteiger partial charge on any atom is -0.388 e. The molecule has 0 aliphatic rings. The average Bonchev–Trinajstić information content (AvgIpc) is 3.07. The van der Waals surface area contributed by atoms with Gasteiger partial charge in [0.1, 0.15) is 12.3 Å². The highest BCUT2D eigenvalue weighted by atomic mass is 16.3. The van der Waals surface area contributed by atoms with Gasteiger partial charge in [0.2, 0.25) is 0 Å². The summed E-state index contributed by atoms with van der Waals surface area (Å²) in [6.45, 7) is 2.05. The van der Waals surface area contributed by atoms with Gasteiger partial charge < -0.3 is 15.0 Å². The van der Waals surface area contributed by atoms with Gasteiger partial charge >= 0.3 is 0 Å². The zero-order valence-corrected chi connectivity index (χ0v) is 13.9. The number of aromatic nitrogens is 2. The van der Waals surface area contributed by atoms with Crippen LogP contribution in [0.1, 0.15) is 11.1 Å². The molecule has 5 nitrogen and oxygen atoms in total. The number of fused-ring (bicyclic) bond motifs is 1. The van der Waals surface area contributed by atoms with Gasteiger partial charge in [-0.3, -0.25) is 4.79 Å². The number of nitrogens with one attached hydrogen (secondary N) is 1.